The van der Waals surface area contributed by atoms with Crippen molar-refractivity contribution in [2.45, 2.75) is 0 Å². The average Bonchev–Trinajstić information content (AvgIpc) is 3.07. The number of primary amides is 2. The highest BCUT2D eigenvalue weighted by Crippen LogP contribution is 2.32. The van der Waals surface area contributed by atoms with Gasteiger partial charge in [0.15, 0.2) is 5.82 Å². The summed E-state index contributed by atoms with van der Waals surface area (Å²) in [6.07, 6.45) is 0. The number of amides is 3. The first kappa shape index (κ1) is 19.9. The molecule has 12 heteroatoms. The molecule has 0 radical (unpaired) electrons. The van der Waals surface area contributed by atoms with Gasteiger partial charge in [-0.2, -0.15) is 9.36 Å². The zero-order chi connectivity index (χ0) is 22.3. The van der Waals surface area contributed by atoms with E-state index >= 15 is 0 Å². The maximum Gasteiger partial charge on any atom is 0.341 e. The van der Waals surface area contributed by atoms with Crippen molar-refractivity contribution in [3.63, 3.8) is 0 Å². The first-order valence-electron chi connectivity index (χ1n) is 8.78. The molecule has 0 fully saturated rings. The van der Waals surface area contributed by atoms with Crippen LogP contribution in [0.5, 0.6) is 0 Å². The van der Waals surface area contributed by atoms with E-state index in [-0.39, 0.29) is 33.0 Å². The number of nitrogens with one attached hydrogen (secondary N) is 2. The van der Waals surface area contributed by atoms with E-state index in [1.165, 1.54) is 6.07 Å². The van der Waals surface area contributed by atoms with Crippen LogP contribution in [0.25, 0.3) is 33.5 Å². The highest BCUT2D eigenvalue weighted by molar-refractivity contribution is 6.33. The van der Waals surface area contributed by atoms with Gasteiger partial charge in [-0.05, 0) is 18.2 Å². The molecular weight excluding hydrogens is 426 g/mol. The zero-order valence-corrected chi connectivity index (χ0v) is 16.4. The van der Waals surface area contributed by atoms with E-state index in [4.69, 9.17) is 23.1 Å². The molecule has 0 atom stereocenters. The zero-order valence-electron chi connectivity index (χ0n) is 15.6. The molecule has 31 heavy (non-hydrogen) atoms. The average molecular weight is 440 g/mol. The van der Waals surface area contributed by atoms with E-state index in [2.05, 4.69) is 15.5 Å². The highest BCUT2D eigenvalue weighted by atomic mass is 35.5. The van der Waals surface area contributed by atoms with E-state index in [0.717, 1.165) is 4.68 Å². The number of hydrogen-bond acceptors (Lipinski definition) is 5. The van der Waals surface area contributed by atoms with E-state index in [9.17, 15) is 19.2 Å². The molecule has 11 nitrogen and oxygen atoms in total. The van der Waals surface area contributed by atoms with Gasteiger partial charge in [0.2, 0.25) is 0 Å². The molecule has 6 N–H and O–H groups in total. The molecule has 4 rings (SSSR count). The van der Waals surface area contributed by atoms with Crippen LogP contribution >= 0.6 is 11.6 Å². The molecule has 0 aliphatic heterocycles. The summed E-state index contributed by atoms with van der Waals surface area (Å²) >= 11 is 6.28. The van der Waals surface area contributed by atoms with Gasteiger partial charge < -0.3 is 11.5 Å². The van der Waals surface area contributed by atoms with Crippen LogP contribution in [0.2, 0.25) is 5.02 Å². The number of fused-ring (bicyclic) bond motifs is 1. The SMILES string of the molecule is NC(=O)Nn1c(-c2c(-c3ccccc3Cl)[nH]n(C(N)=O)c2=O)nc2ccccc2c1=O. The Morgan fingerprint density at radius 1 is 1.00 bits per heavy atom. The molecule has 0 aliphatic rings. The van der Waals surface area contributed by atoms with E-state index in [0.29, 0.717) is 10.2 Å². The number of rotatable bonds is 3. The first-order chi connectivity index (χ1) is 14.8. The minimum absolute atomic E-state index is 0.0663. The topological polar surface area (TPSA) is 171 Å². The first-order valence-corrected chi connectivity index (χ1v) is 9.15. The summed E-state index contributed by atoms with van der Waals surface area (Å²) in [5, 5.41) is 3.02. The smallest absolute Gasteiger partial charge is 0.341 e. The van der Waals surface area contributed by atoms with Gasteiger partial charge >= 0.3 is 12.1 Å². The fourth-order valence-electron chi connectivity index (χ4n) is 3.17. The minimum atomic E-state index is -1.10. The lowest BCUT2D eigenvalue weighted by atomic mass is 10.1. The van der Waals surface area contributed by atoms with E-state index < -0.39 is 23.2 Å². The second-order valence-corrected chi connectivity index (χ2v) is 6.80. The van der Waals surface area contributed by atoms with Crippen molar-refractivity contribution >= 4 is 34.6 Å². The van der Waals surface area contributed by atoms with Crippen molar-refractivity contribution in [2.24, 2.45) is 11.5 Å². The van der Waals surface area contributed by atoms with Crippen LogP contribution in [-0.2, 0) is 0 Å². The third kappa shape index (κ3) is 3.32. The van der Waals surface area contributed by atoms with E-state index in [1.54, 1.807) is 42.5 Å². The van der Waals surface area contributed by atoms with Crippen LogP contribution in [-0.4, -0.2) is 31.5 Å². The van der Waals surface area contributed by atoms with Gasteiger partial charge in [0, 0.05) is 10.6 Å². The number of carbonyl (C=O) groups is 2. The van der Waals surface area contributed by atoms with Crippen molar-refractivity contribution in [1.29, 1.82) is 0 Å². The summed E-state index contributed by atoms with van der Waals surface area (Å²) < 4.78 is 1.28. The van der Waals surface area contributed by atoms with Crippen LogP contribution in [0.3, 0.4) is 0 Å². The van der Waals surface area contributed by atoms with Crippen molar-refractivity contribution in [3.8, 4) is 22.6 Å². The molecule has 156 valence electrons. The molecule has 0 saturated heterocycles. The summed E-state index contributed by atoms with van der Waals surface area (Å²) in [7, 11) is 0. The van der Waals surface area contributed by atoms with Crippen molar-refractivity contribution < 1.29 is 9.59 Å². The molecule has 4 aromatic rings. The Balaban J connectivity index is 2.17. The largest absolute Gasteiger partial charge is 0.350 e. The number of benzene rings is 2. The second kappa shape index (κ2) is 7.46. The van der Waals surface area contributed by atoms with Crippen LogP contribution in [0.15, 0.2) is 58.1 Å². The monoisotopic (exact) mass is 439 g/mol. The van der Waals surface area contributed by atoms with Gasteiger partial charge in [0.1, 0.15) is 5.56 Å². The van der Waals surface area contributed by atoms with Crippen molar-refractivity contribution in [3.05, 3.63) is 74.3 Å². The predicted octanol–water partition coefficient (Wildman–Crippen LogP) is 1.42. The number of halogens is 1. The number of H-pyrrole nitrogens is 1. The minimum Gasteiger partial charge on any atom is -0.350 e. The standard InChI is InChI=1S/C19H14ClN7O4/c20-11-7-3-1-5-9(11)14-13(17(29)27(24-14)19(22)31)15-23-12-8-4-2-6-10(12)16(28)26(15)25-18(21)30/h1-8,24H,(H2,22,31)(H3,21,25,30). The molecule has 2 heterocycles. The van der Waals surface area contributed by atoms with Crippen LogP contribution in [0, 0.1) is 0 Å². The molecule has 2 aromatic heterocycles. The second-order valence-electron chi connectivity index (χ2n) is 6.39. The Morgan fingerprint density at radius 3 is 2.35 bits per heavy atom. The lowest BCUT2D eigenvalue weighted by Crippen LogP contribution is -2.38. The molecule has 0 unspecified atom stereocenters. The summed E-state index contributed by atoms with van der Waals surface area (Å²) in [4.78, 5) is 53.9. The molecule has 0 spiro atoms. The Bertz CT molecular complexity index is 1480. The Morgan fingerprint density at radius 2 is 1.68 bits per heavy atom. The Kier molecular flexibility index (Phi) is 4.79. The summed E-state index contributed by atoms with van der Waals surface area (Å²) in [5.41, 5.74) is 11.6. The number of nitrogens with two attached hydrogens (primary N) is 2. The van der Waals surface area contributed by atoms with Crippen LogP contribution < -0.4 is 28.0 Å². The maximum absolute atomic E-state index is 13.1. The number of aromatic nitrogens is 4. The highest BCUT2D eigenvalue weighted by Gasteiger charge is 2.26. The van der Waals surface area contributed by atoms with Gasteiger partial charge in [-0.1, -0.05) is 41.9 Å². The van der Waals surface area contributed by atoms with Crippen LogP contribution in [0.4, 0.5) is 9.59 Å². The Hall–Kier alpha value is -4.38. The van der Waals surface area contributed by atoms with Crippen molar-refractivity contribution in [1.82, 2.24) is 19.4 Å². The number of urea groups is 1. The molecule has 0 aliphatic carbocycles. The van der Waals surface area contributed by atoms with Gasteiger partial charge in [0.05, 0.1) is 16.6 Å². The van der Waals surface area contributed by atoms with E-state index in [1.807, 2.05) is 0 Å². The number of nitrogens with zero attached hydrogens (tertiary/aromatic N) is 3. The van der Waals surface area contributed by atoms with Gasteiger partial charge in [-0.25, -0.2) is 20.0 Å². The Labute approximate surface area is 177 Å². The summed E-state index contributed by atoms with van der Waals surface area (Å²) in [6, 6.07) is 10.7. The lowest BCUT2D eigenvalue weighted by Gasteiger charge is -2.13. The van der Waals surface area contributed by atoms with Gasteiger partial charge in [-0.15, -0.1) is 0 Å². The lowest BCUT2D eigenvalue weighted by molar-refractivity contribution is 0.247. The van der Waals surface area contributed by atoms with Crippen molar-refractivity contribution in [2.75, 3.05) is 5.43 Å². The fourth-order valence-corrected chi connectivity index (χ4v) is 3.40. The molecule has 2 aromatic carbocycles. The molecule has 3 amide bonds. The maximum atomic E-state index is 13.1. The van der Waals surface area contributed by atoms with Gasteiger partial charge in [0.25, 0.3) is 11.1 Å². The number of carbonyl (C=O) groups excluding carboxylic acids is 2. The normalized spacial score (nSPS) is 10.9. The molecular formula is C19H14ClN7O4. The number of para-hydroxylation sites is 1. The number of hydrogen-bond donors (Lipinski definition) is 4. The quantitative estimate of drug-likeness (QED) is 0.377. The molecule has 0 bridgehead atoms. The van der Waals surface area contributed by atoms with Crippen LogP contribution in [0.1, 0.15) is 0 Å². The van der Waals surface area contributed by atoms with Gasteiger partial charge in [-0.3, -0.25) is 14.7 Å². The fraction of sp³-hybridized carbons (Fsp3) is 0. The number of aromatic amines is 1. The summed E-state index contributed by atoms with van der Waals surface area (Å²) in [6.45, 7) is 0. The molecule has 0 saturated carbocycles. The predicted molar refractivity (Wildman–Crippen MR) is 114 cm³/mol. The third-order valence-corrected chi connectivity index (χ3v) is 4.81. The summed E-state index contributed by atoms with van der Waals surface area (Å²) in [5.74, 6) is -0.265. The third-order valence-electron chi connectivity index (χ3n) is 4.48.